The number of hydrogen-bond acceptors (Lipinski definition) is 7. The lowest BCUT2D eigenvalue weighted by Gasteiger charge is -2.35. The van der Waals surface area contributed by atoms with Gasteiger partial charge < -0.3 is 15.1 Å². The van der Waals surface area contributed by atoms with Crippen molar-refractivity contribution in [2.24, 2.45) is 4.99 Å². The lowest BCUT2D eigenvalue weighted by Crippen LogP contribution is -2.49. The minimum Gasteiger partial charge on any atom is -0.369 e. The highest BCUT2D eigenvalue weighted by atomic mass is 32.2. The number of likely N-dealkylation sites (N-methyl/N-ethyl adjacent to an activating group) is 1. The molecule has 2 aromatic carbocycles. The number of fused-ring (bicyclic) bond motifs is 1. The molecule has 3 aromatic rings. The Morgan fingerprint density at radius 1 is 1.17 bits per heavy atom. The van der Waals surface area contributed by atoms with Crippen molar-refractivity contribution in [3.8, 4) is 6.07 Å². The normalized spacial score (nSPS) is 20.4. The highest BCUT2D eigenvalue weighted by Crippen LogP contribution is 2.44. The van der Waals surface area contributed by atoms with Crippen molar-refractivity contribution in [2.45, 2.75) is 24.8 Å². The van der Waals surface area contributed by atoms with Crippen LogP contribution in [-0.2, 0) is 0 Å². The summed E-state index contributed by atoms with van der Waals surface area (Å²) >= 11 is 1.38. The number of thioether (sulfide) groups is 1. The number of aromatic nitrogens is 2. The summed E-state index contributed by atoms with van der Waals surface area (Å²) in [5, 5.41) is 19.1. The molecule has 1 aromatic heterocycles. The monoisotopic (exact) mass is 495 g/mol. The predicted octanol–water partition coefficient (Wildman–Crippen LogP) is 4.15. The number of hydrogen-bond donors (Lipinski definition) is 1. The maximum atomic E-state index is 15.4. The first-order valence-electron chi connectivity index (χ1n) is 11.6. The molecule has 1 saturated heterocycles. The molecule has 0 bridgehead atoms. The molecule has 0 saturated carbocycles. The fourth-order valence-corrected chi connectivity index (χ4v) is 5.81. The summed E-state index contributed by atoms with van der Waals surface area (Å²) in [5.41, 5.74) is 2.30. The minimum atomic E-state index is -1.18. The molecule has 0 spiro atoms. The number of aliphatic imine (C=N–C) groups is 1. The molecular weight excluding hydrogens is 468 g/mol. The SMILES string of the molecule is CC(C)n1nc2c(F)cc(N3CCNCC3)cc2c1N(C)C1(C#N)SCN=C1c1ccc(F)cc1. The third-order valence-electron chi connectivity index (χ3n) is 6.56. The van der Waals surface area contributed by atoms with Crippen LogP contribution in [0.2, 0.25) is 0 Å². The van der Waals surface area contributed by atoms with Gasteiger partial charge in [0.15, 0.2) is 5.82 Å². The maximum absolute atomic E-state index is 15.4. The molecule has 0 aliphatic carbocycles. The fourth-order valence-electron chi connectivity index (χ4n) is 4.76. The standard InChI is InChI=1S/C25H27F2N7S/c1-16(2)34-24(20-12-19(13-21(27)22(20)31-34)33-10-8-29-9-11-33)32(3)25(14-28)23(30-15-35-25)17-4-6-18(26)7-5-17/h4-7,12-13,16,29H,8-11,15H2,1-3H3. The van der Waals surface area contributed by atoms with Gasteiger partial charge in [-0.15, -0.1) is 0 Å². The van der Waals surface area contributed by atoms with E-state index >= 15 is 4.39 Å². The van der Waals surface area contributed by atoms with Crippen LogP contribution in [0.5, 0.6) is 0 Å². The van der Waals surface area contributed by atoms with E-state index in [9.17, 15) is 9.65 Å². The van der Waals surface area contributed by atoms with Crippen LogP contribution in [0.1, 0.15) is 25.5 Å². The Morgan fingerprint density at radius 2 is 1.89 bits per heavy atom. The summed E-state index contributed by atoms with van der Waals surface area (Å²) in [6, 6.07) is 11.9. The van der Waals surface area contributed by atoms with Crippen molar-refractivity contribution in [3.63, 3.8) is 0 Å². The second-order valence-corrected chi connectivity index (χ2v) is 10.2. The Hall–Kier alpha value is -3.16. The maximum Gasteiger partial charge on any atom is 0.220 e. The van der Waals surface area contributed by atoms with Crippen molar-refractivity contribution in [2.75, 3.05) is 48.9 Å². The van der Waals surface area contributed by atoms with E-state index in [0.29, 0.717) is 28.4 Å². The van der Waals surface area contributed by atoms with Crippen molar-refractivity contribution < 1.29 is 8.78 Å². The second-order valence-electron chi connectivity index (χ2n) is 9.02. The second kappa shape index (κ2) is 9.13. The summed E-state index contributed by atoms with van der Waals surface area (Å²) in [6.45, 7) is 7.20. The molecular formula is C25H27F2N7S. The zero-order valence-corrected chi connectivity index (χ0v) is 20.7. The van der Waals surface area contributed by atoms with E-state index in [4.69, 9.17) is 0 Å². The van der Waals surface area contributed by atoms with E-state index in [0.717, 1.165) is 31.9 Å². The molecule has 1 N–H and O–H groups in total. The van der Waals surface area contributed by atoms with Gasteiger partial charge in [-0.25, -0.2) is 13.5 Å². The highest BCUT2D eigenvalue weighted by Gasteiger charge is 2.47. The van der Waals surface area contributed by atoms with Crippen molar-refractivity contribution in [1.29, 1.82) is 5.26 Å². The van der Waals surface area contributed by atoms with Gasteiger partial charge in [0.1, 0.15) is 23.2 Å². The van der Waals surface area contributed by atoms with Crippen LogP contribution in [0.3, 0.4) is 0 Å². The number of rotatable bonds is 5. The van der Waals surface area contributed by atoms with Gasteiger partial charge >= 0.3 is 0 Å². The Kier molecular flexibility index (Phi) is 6.15. The molecule has 182 valence electrons. The number of piperazine rings is 1. The summed E-state index contributed by atoms with van der Waals surface area (Å²) in [4.78, 5) is 7.46. The molecule has 3 heterocycles. The van der Waals surface area contributed by atoms with Gasteiger partial charge in [-0.3, -0.25) is 4.99 Å². The molecule has 35 heavy (non-hydrogen) atoms. The summed E-state index contributed by atoms with van der Waals surface area (Å²) < 4.78 is 30.8. The topological polar surface area (TPSA) is 72.5 Å². The van der Waals surface area contributed by atoms with Crippen LogP contribution < -0.4 is 15.1 Å². The van der Waals surface area contributed by atoms with Gasteiger partial charge in [0.05, 0.1) is 11.6 Å². The van der Waals surface area contributed by atoms with Gasteiger partial charge in [-0.2, -0.15) is 10.4 Å². The van der Waals surface area contributed by atoms with Gasteiger partial charge in [-0.05, 0) is 38.1 Å². The first kappa shape index (κ1) is 23.6. The number of anilines is 2. The Bertz CT molecular complexity index is 1320. The van der Waals surface area contributed by atoms with E-state index in [-0.39, 0.29) is 23.2 Å². The first-order chi connectivity index (χ1) is 16.9. The van der Waals surface area contributed by atoms with Crippen LogP contribution >= 0.6 is 11.8 Å². The molecule has 10 heteroatoms. The summed E-state index contributed by atoms with van der Waals surface area (Å²) in [7, 11) is 1.82. The molecule has 5 rings (SSSR count). The van der Waals surface area contributed by atoms with Gasteiger partial charge in [0.25, 0.3) is 0 Å². The third-order valence-corrected chi connectivity index (χ3v) is 7.80. The predicted molar refractivity (Wildman–Crippen MR) is 137 cm³/mol. The molecule has 7 nitrogen and oxygen atoms in total. The molecule has 2 aliphatic heterocycles. The van der Waals surface area contributed by atoms with Crippen LogP contribution in [0.15, 0.2) is 41.4 Å². The zero-order chi connectivity index (χ0) is 24.7. The molecule has 0 radical (unpaired) electrons. The largest absolute Gasteiger partial charge is 0.369 e. The van der Waals surface area contributed by atoms with Crippen LogP contribution in [0, 0.1) is 23.0 Å². The lowest BCUT2D eigenvalue weighted by atomic mass is 10.0. The first-order valence-corrected chi connectivity index (χ1v) is 12.6. The average Bonchev–Trinajstić information content (AvgIpc) is 3.48. The number of nitrogens with zero attached hydrogens (tertiary/aromatic N) is 6. The van der Waals surface area contributed by atoms with E-state index < -0.39 is 4.87 Å². The average molecular weight is 496 g/mol. The van der Waals surface area contributed by atoms with Gasteiger partial charge in [0.2, 0.25) is 4.87 Å². The van der Waals surface area contributed by atoms with E-state index in [1.54, 1.807) is 22.9 Å². The number of nitrogens with one attached hydrogen (secondary N) is 1. The van der Waals surface area contributed by atoms with Crippen molar-refractivity contribution >= 4 is 39.9 Å². The lowest BCUT2D eigenvalue weighted by molar-refractivity contribution is 0.529. The Morgan fingerprint density at radius 3 is 2.54 bits per heavy atom. The zero-order valence-electron chi connectivity index (χ0n) is 19.9. The molecule has 1 fully saturated rings. The van der Waals surface area contributed by atoms with Crippen LogP contribution in [0.4, 0.5) is 20.3 Å². The van der Waals surface area contributed by atoms with Crippen LogP contribution in [0.25, 0.3) is 10.9 Å². The highest BCUT2D eigenvalue weighted by molar-refractivity contribution is 8.02. The van der Waals surface area contributed by atoms with Gasteiger partial charge in [0, 0.05) is 55.9 Å². The van der Waals surface area contributed by atoms with E-state index in [1.807, 2.05) is 31.9 Å². The van der Waals surface area contributed by atoms with Gasteiger partial charge in [-0.1, -0.05) is 23.9 Å². The number of nitriles is 1. The molecule has 1 atom stereocenters. The number of halogens is 2. The molecule has 1 unspecified atom stereocenters. The summed E-state index contributed by atoms with van der Waals surface area (Å²) in [5.74, 6) is 0.300. The fraction of sp³-hybridized carbons (Fsp3) is 0.400. The quantitative estimate of drug-likeness (QED) is 0.573. The van der Waals surface area contributed by atoms with Crippen LogP contribution in [-0.4, -0.2) is 59.5 Å². The molecule has 0 amide bonds. The third kappa shape index (κ3) is 3.93. The molecule has 2 aliphatic rings. The number of benzene rings is 2. The minimum absolute atomic E-state index is 0.0738. The summed E-state index contributed by atoms with van der Waals surface area (Å²) in [6.07, 6.45) is 0. The van der Waals surface area contributed by atoms with E-state index in [1.165, 1.54) is 23.9 Å². The Balaban J connectivity index is 1.67. The smallest absolute Gasteiger partial charge is 0.220 e. The van der Waals surface area contributed by atoms with Crippen molar-refractivity contribution in [1.82, 2.24) is 15.1 Å². The van der Waals surface area contributed by atoms with Crippen molar-refractivity contribution in [3.05, 3.63) is 53.6 Å². The Labute approximate surface area is 207 Å². The van der Waals surface area contributed by atoms with E-state index in [2.05, 4.69) is 26.4 Å².